The van der Waals surface area contributed by atoms with Crippen molar-refractivity contribution in [2.24, 2.45) is 0 Å². The first kappa shape index (κ1) is 13.3. The third-order valence-corrected chi connectivity index (χ3v) is 5.79. The first-order valence-corrected chi connectivity index (χ1v) is 8.82. The third-order valence-electron chi connectivity index (χ3n) is 3.03. The van der Waals surface area contributed by atoms with Crippen molar-refractivity contribution in [1.82, 2.24) is 4.98 Å². The second kappa shape index (κ2) is 5.77. The number of carbonyl (C=O) groups is 1. The monoisotopic (exact) mass is 353 g/mol. The summed E-state index contributed by atoms with van der Waals surface area (Å²) < 4.78 is 0.937. The summed E-state index contributed by atoms with van der Waals surface area (Å²) in [4.78, 5) is 18.8. The number of halogens is 1. The molecule has 1 aliphatic rings. The number of aromatic nitrogens is 1. The Labute approximate surface area is 128 Å². The van der Waals surface area contributed by atoms with Crippen molar-refractivity contribution in [3.63, 3.8) is 0 Å². The molecule has 3 rings (SSSR count). The van der Waals surface area contributed by atoms with Gasteiger partial charge in [0, 0.05) is 27.0 Å². The number of hydrogen-bond donors (Lipinski definition) is 0. The minimum atomic E-state index is 0.180. The van der Waals surface area contributed by atoms with E-state index in [0.29, 0.717) is 6.42 Å². The Kier molecular flexibility index (Phi) is 4.05. The second-order valence-electron chi connectivity index (χ2n) is 4.43. The molecule has 0 spiro atoms. The van der Waals surface area contributed by atoms with E-state index < -0.39 is 0 Å². The molecule has 3 heterocycles. The first-order chi connectivity index (χ1) is 9.22. The van der Waals surface area contributed by atoms with Gasteiger partial charge in [0.15, 0.2) is 5.78 Å². The quantitative estimate of drug-likeness (QED) is 0.777. The minimum Gasteiger partial charge on any atom is -0.293 e. The van der Waals surface area contributed by atoms with Gasteiger partial charge in [-0.05, 0) is 51.9 Å². The van der Waals surface area contributed by atoms with Crippen molar-refractivity contribution in [3.05, 3.63) is 49.9 Å². The van der Waals surface area contributed by atoms with Crippen LogP contribution in [0.1, 0.15) is 25.8 Å². The van der Waals surface area contributed by atoms with Gasteiger partial charge in [0.1, 0.15) is 0 Å². The van der Waals surface area contributed by atoms with Crippen molar-refractivity contribution in [1.29, 1.82) is 0 Å². The van der Waals surface area contributed by atoms with Gasteiger partial charge in [0.05, 0.1) is 11.3 Å². The lowest BCUT2D eigenvalue weighted by molar-refractivity contribution is 0.0995. The van der Waals surface area contributed by atoms with Crippen LogP contribution in [0.4, 0.5) is 0 Å². The summed E-state index contributed by atoms with van der Waals surface area (Å²) in [7, 11) is 0. The lowest BCUT2D eigenvalue weighted by atomic mass is 10.1. The molecule has 0 aliphatic carbocycles. The van der Waals surface area contributed by atoms with Crippen LogP contribution in [-0.4, -0.2) is 16.5 Å². The van der Waals surface area contributed by atoms with Crippen LogP contribution in [0.15, 0.2) is 28.9 Å². The van der Waals surface area contributed by atoms with Gasteiger partial charge in [0.25, 0.3) is 0 Å². The number of thioether (sulfide) groups is 1. The lowest BCUT2D eigenvalue weighted by Gasteiger charge is -2.08. The standard InChI is InChI=1S/C14H12BrNOS2/c15-10-1-2-11(16-7-10)6-12(17)14-5-9-8-18-4-3-13(9)19-14/h1-2,5,7H,3-4,6,8H2. The van der Waals surface area contributed by atoms with E-state index in [0.717, 1.165) is 27.2 Å². The number of nitrogens with zero attached hydrogens (tertiary/aromatic N) is 1. The minimum absolute atomic E-state index is 0.180. The van der Waals surface area contributed by atoms with Crippen molar-refractivity contribution in [3.8, 4) is 0 Å². The van der Waals surface area contributed by atoms with Crippen LogP contribution in [0.3, 0.4) is 0 Å². The molecule has 2 aromatic rings. The summed E-state index contributed by atoms with van der Waals surface area (Å²) >= 11 is 6.96. The average Bonchev–Trinajstić information content (AvgIpc) is 2.85. The highest BCUT2D eigenvalue weighted by atomic mass is 79.9. The Balaban J connectivity index is 1.76. The summed E-state index contributed by atoms with van der Waals surface area (Å²) in [6.45, 7) is 0. The van der Waals surface area contributed by atoms with Gasteiger partial charge in [-0.15, -0.1) is 11.3 Å². The molecule has 1 aliphatic heterocycles. The van der Waals surface area contributed by atoms with Crippen LogP contribution in [0.2, 0.25) is 0 Å². The maximum atomic E-state index is 12.3. The zero-order valence-electron chi connectivity index (χ0n) is 10.2. The van der Waals surface area contributed by atoms with Crippen molar-refractivity contribution in [2.75, 3.05) is 5.75 Å². The van der Waals surface area contributed by atoms with Crippen LogP contribution < -0.4 is 0 Å². The Morgan fingerprint density at radius 2 is 2.32 bits per heavy atom. The largest absolute Gasteiger partial charge is 0.293 e. The molecule has 98 valence electrons. The smallest absolute Gasteiger partial charge is 0.178 e. The summed E-state index contributed by atoms with van der Waals surface area (Å²) in [5, 5.41) is 0. The van der Waals surface area contributed by atoms with Gasteiger partial charge < -0.3 is 0 Å². The number of hydrogen-bond acceptors (Lipinski definition) is 4. The SMILES string of the molecule is O=C(Cc1ccc(Br)cn1)c1cc2c(s1)CCSC2. The van der Waals surface area contributed by atoms with Crippen LogP contribution in [0.5, 0.6) is 0 Å². The van der Waals surface area contributed by atoms with Gasteiger partial charge in [-0.3, -0.25) is 9.78 Å². The van der Waals surface area contributed by atoms with E-state index in [1.54, 1.807) is 17.5 Å². The Morgan fingerprint density at radius 1 is 1.42 bits per heavy atom. The van der Waals surface area contributed by atoms with E-state index in [-0.39, 0.29) is 5.78 Å². The summed E-state index contributed by atoms with van der Waals surface area (Å²) in [6.07, 6.45) is 3.23. The first-order valence-electron chi connectivity index (χ1n) is 6.05. The summed E-state index contributed by atoms with van der Waals surface area (Å²) in [5.41, 5.74) is 2.18. The second-order valence-corrected chi connectivity index (χ2v) is 7.59. The molecule has 19 heavy (non-hydrogen) atoms. The molecular weight excluding hydrogens is 342 g/mol. The topological polar surface area (TPSA) is 30.0 Å². The molecule has 2 aromatic heterocycles. The van der Waals surface area contributed by atoms with Gasteiger partial charge in [-0.25, -0.2) is 0 Å². The van der Waals surface area contributed by atoms with Crippen LogP contribution in [-0.2, 0) is 18.6 Å². The van der Waals surface area contributed by atoms with E-state index in [4.69, 9.17) is 0 Å². The molecule has 0 saturated carbocycles. The molecule has 0 fully saturated rings. The zero-order valence-corrected chi connectivity index (χ0v) is 13.4. The van der Waals surface area contributed by atoms with E-state index >= 15 is 0 Å². The Hall–Kier alpha value is -0.650. The zero-order chi connectivity index (χ0) is 13.2. The fourth-order valence-electron chi connectivity index (χ4n) is 2.05. The van der Waals surface area contributed by atoms with E-state index in [1.807, 2.05) is 23.9 Å². The average molecular weight is 354 g/mol. The normalized spacial score (nSPS) is 14.2. The van der Waals surface area contributed by atoms with Gasteiger partial charge in [-0.2, -0.15) is 11.8 Å². The number of rotatable bonds is 3. The van der Waals surface area contributed by atoms with Crippen molar-refractivity contribution >= 4 is 44.8 Å². The van der Waals surface area contributed by atoms with Crippen molar-refractivity contribution in [2.45, 2.75) is 18.6 Å². The highest BCUT2D eigenvalue weighted by molar-refractivity contribution is 9.10. The molecule has 0 radical (unpaired) electrons. The molecule has 0 aromatic carbocycles. The van der Waals surface area contributed by atoms with Gasteiger partial charge in [0.2, 0.25) is 0 Å². The maximum absolute atomic E-state index is 12.3. The molecule has 2 nitrogen and oxygen atoms in total. The molecule has 0 unspecified atom stereocenters. The molecule has 0 bridgehead atoms. The van der Waals surface area contributed by atoms with Crippen LogP contribution >= 0.6 is 39.0 Å². The molecule has 5 heteroatoms. The van der Waals surface area contributed by atoms with E-state index in [9.17, 15) is 4.79 Å². The fraction of sp³-hybridized carbons (Fsp3) is 0.286. The maximum Gasteiger partial charge on any atom is 0.178 e. The number of ketones is 1. The lowest BCUT2D eigenvalue weighted by Crippen LogP contribution is -2.02. The summed E-state index contributed by atoms with van der Waals surface area (Å²) in [6, 6.07) is 5.89. The number of aryl methyl sites for hydroxylation is 1. The predicted octanol–water partition coefficient (Wildman–Crippen LogP) is 4.12. The van der Waals surface area contributed by atoms with Crippen molar-refractivity contribution < 1.29 is 4.79 Å². The number of fused-ring (bicyclic) bond motifs is 1. The molecule has 0 atom stereocenters. The molecule has 0 saturated heterocycles. The van der Waals surface area contributed by atoms with Crippen LogP contribution in [0, 0.1) is 0 Å². The Bertz CT molecular complexity index is 583. The van der Waals surface area contributed by atoms with E-state index in [2.05, 4.69) is 27.0 Å². The molecular formula is C14H12BrNOS2. The Morgan fingerprint density at radius 3 is 3.05 bits per heavy atom. The highest BCUT2D eigenvalue weighted by Crippen LogP contribution is 2.32. The van der Waals surface area contributed by atoms with Crippen LogP contribution in [0.25, 0.3) is 0 Å². The number of carbonyl (C=O) groups excluding carboxylic acids is 1. The predicted molar refractivity (Wildman–Crippen MR) is 84.2 cm³/mol. The molecule has 0 N–H and O–H groups in total. The number of Topliss-reactive ketones (excluding diaryl/α,β-unsaturated/α-hetero) is 1. The fourth-order valence-corrected chi connectivity index (χ4v) is 4.59. The van der Waals surface area contributed by atoms with Gasteiger partial charge in [-0.1, -0.05) is 0 Å². The third kappa shape index (κ3) is 3.09. The number of thiophene rings is 1. The van der Waals surface area contributed by atoms with E-state index in [1.165, 1.54) is 16.2 Å². The van der Waals surface area contributed by atoms with Gasteiger partial charge >= 0.3 is 0 Å². The number of pyridine rings is 1. The highest BCUT2D eigenvalue weighted by Gasteiger charge is 2.17. The summed E-state index contributed by atoms with van der Waals surface area (Å²) in [5.74, 6) is 2.41. The molecule has 0 amide bonds.